The zero-order chi connectivity index (χ0) is 13.8. The van der Waals surface area contributed by atoms with E-state index >= 15 is 0 Å². The van der Waals surface area contributed by atoms with Gasteiger partial charge in [-0.2, -0.15) is 5.26 Å². The van der Waals surface area contributed by atoms with Crippen LogP contribution in [-0.4, -0.2) is 22.0 Å². The van der Waals surface area contributed by atoms with Gasteiger partial charge in [0.25, 0.3) is 0 Å². The molecule has 1 heterocycles. The number of nitriles is 1. The number of H-pyrrole nitrogens is 1. The molecule has 0 aliphatic carbocycles. The lowest BCUT2D eigenvalue weighted by Crippen LogP contribution is -2.23. The van der Waals surface area contributed by atoms with Crippen molar-refractivity contribution in [3.63, 3.8) is 0 Å². The number of hydrogen-bond acceptors (Lipinski definition) is 3. The van der Waals surface area contributed by atoms with Crippen LogP contribution < -0.4 is 5.32 Å². The van der Waals surface area contributed by atoms with Gasteiger partial charge in [-0.05, 0) is 37.3 Å². The van der Waals surface area contributed by atoms with Crippen molar-refractivity contribution >= 4 is 29.2 Å². The minimum atomic E-state index is -0.00446. The van der Waals surface area contributed by atoms with E-state index in [2.05, 4.69) is 16.4 Å². The number of aryl methyl sites for hydroxylation is 1. The lowest BCUT2D eigenvalue weighted by Gasteiger charge is -2.05. The first-order chi connectivity index (χ1) is 9.15. The Morgan fingerprint density at radius 2 is 2.37 bits per heavy atom. The highest BCUT2D eigenvalue weighted by atomic mass is 32.1. The van der Waals surface area contributed by atoms with Crippen molar-refractivity contribution < 1.29 is 4.79 Å². The standard InChI is InChI=1S/C13H14N4OS/c1-2-15-12(18)5-6-17-11-7-9(8-14)3-4-10(11)16-13(17)19/h3-4,7H,2,5-6H2,1H3,(H,15,18)(H,16,19). The largest absolute Gasteiger partial charge is 0.356 e. The van der Waals surface area contributed by atoms with Crippen molar-refractivity contribution in [3.8, 4) is 6.07 Å². The van der Waals surface area contributed by atoms with Gasteiger partial charge in [-0.3, -0.25) is 4.79 Å². The number of aromatic nitrogens is 2. The smallest absolute Gasteiger partial charge is 0.221 e. The quantitative estimate of drug-likeness (QED) is 0.838. The van der Waals surface area contributed by atoms with Gasteiger partial charge in [-0.25, -0.2) is 0 Å². The van der Waals surface area contributed by atoms with Crippen LogP contribution in [0, 0.1) is 16.1 Å². The number of nitrogens with one attached hydrogen (secondary N) is 2. The minimum Gasteiger partial charge on any atom is -0.356 e. The van der Waals surface area contributed by atoms with Gasteiger partial charge in [0.1, 0.15) is 0 Å². The summed E-state index contributed by atoms with van der Waals surface area (Å²) < 4.78 is 2.41. The van der Waals surface area contributed by atoms with Crippen LogP contribution in [0.25, 0.3) is 11.0 Å². The zero-order valence-corrected chi connectivity index (χ0v) is 11.4. The topological polar surface area (TPSA) is 73.6 Å². The maximum Gasteiger partial charge on any atom is 0.221 e. The van der Waals surface area contributed by atoms with Crippen LogP contribution in [0.2, 0.25) is 0 Å². The molecule has 0 saturated heterocycles. The molecule has 19 heavy (non-hydrogen) atoms. The molecule has 98 valence electrons. The molecule has 6 heteroatoms. The van der Waals surface area contributed by atoms with Crippen molar-refractivity contribution in [1.82, 2.24) is 14.9 Å². The molecule has 1 amide bonds. The Morgan fingerprint density at radius 3 is 3.05 bits per heavy atom. The Balaban J connectivity index is 2.32. The number of benzene rings is 1. The number of hydrogen-bond donors (Lipinski definition) is 2. The molecule has 0 aliphatic heterocycles. The molecule has 0 bridgehead atoms. The summed E-state index contributed by atoms with van der Waals surface area (Å²) in [6, 6.07) is 7.44. The van der Waals surface area contributed by atoms with Crippen LogP contribution in [0.4, 0.5) is 0 Å². The van der Waals surface area contributed by atoms with Crippen molar-refractivity contribution in [3.05, 3.63) is 28.5 Å². The molecule has 0 radical (unpaired) electrons. The monoisotopic (exact) mass is 274 g/mol. The number of rotatable bonds is 4. The Morgan fingerprint density at radius 1 is 1.58 bits per heavy atom. The van der Waals surface area contributed by atoms with Crippen LogP contribution in [0.3, 0.4) is 0 Å². The fourth-order valence-electron chi connectivity index (χ4n) is 1.94. The molecule has 0 saturated carbocycles. The third kappa shape index (κ3) is 2.83. The van der Waals surface area contributed by atoms with Crippen LogP contribution in [-0.2, 0) is 11.3 Å². The first kappa shape index (κ1) is 13.3. The summed E-state index contributed by atoms with van der Waals surface area (Å²) in [7, 11) is 0. The van der Waals surface area contributed by atoms with Crippen LogP contribution in [0.15, 0.2) is 18.2 Å². The van der Waals surface area contributed by atoms with Crippen LogP contribution in [0.5, 0.6) is 0 Å². The van der Waals surface area contributed by atoms with Gasteiger partial charge in [0, 0.05) is 19.5 Å². The molecule has 0 unspecified atom stereocenters. The number of fused-ring (bicyclic) bond motifs is 1. The molecule has 0 fully saturated rings. The molecular formula is C13H14N4OS. The molecule has 2 rings (SSSR count). The number of amides is 1. The summed E-state index contributed by atoms with van der Waals surface area (Å²) in [6.45, 7) is 3.00. The third-order valence-electron chi connectivity index (χ3n) is 2.84. The van der Waals surface area contributed by atoms with Gasteiger partial charge in [-0.15, -0.1) is 0 Å². The summed E-state index contributed by atoms with van der Waals surface area (Å²) in [5, 5.41) is 11.7. The number of aromatic amines is 1. The summed E-state index contributed by atoms with van der Waals surface area (Å²) in [5.41, 5.74) is 2.31. The van der Waals surface area contributed by atoms with E-state index in [-0.39, 0.29) is 5.91 Å². The highest BCUT2D eigenvalue weighted by molar-refractivity contribution is 7.71. The average Bonchev–Trinajstić information content (AvgIpc) is 2.71. The molecule has 5 nitrogen and oxygen atoms in total. The number of imidazole rings is 1. The summed E-state index contributed by atoms with van der Waals surface area (Å²) >= 11 is 5.24. The molecule has 0 atom stereocenters. The fraction of sp³-hybridized carbons (Fsp3) is 0.308. The van der Waals surface area contributed by atoms with Gasteiger partial charge in [0.05, 0.1) is 22.7 Å². The predicted molar refractivity (Wildman–Crippen MR) is 75.1 cm³/mol. The van der Waals surface area contributed by atoms with Crippen molar-refractivity contribution in [2.45, 2.75) is 19.9 Å². The maximum atomic E-state index is 11.5. The second kappa shape index (κ2) is 5.67. The molecule has 2 aromatic rings. The van der Waals surface area contributed by atoms with E-state index in [9.17, 15) is 4.79 Å². The van der Waals surface area contributed by atoms with Crippen LogP contribution >= 0.6 is 12.2 Å². The molecule has 0 spiro atoms. The number of nitrogens with zero attached hydrogens (tertiary/aromatic N) is 2. The lowest BCUT2D eigenvalue weighted by atomic mass is 10.2. The Bertz CT molecular complexity index is 707. The Hall–Kier alpha value is -2.13. The van der Waals surface area contributed by atoms with Gasteiger partial charge < -0.3 is 14.9 Å². The minimum absolute atomic E-state index is 0.00446. The molecular weight excluding hydrogens is 260 g/mol. The number of carbonyl (C=O) groups excluding carboxylic acids is 1. The fourth-order valence-corrected chi connectivity index (χ4v) is 2.24. The van der Waals surface area contributed by atoms with E-state index in [4.69, 9.17) is 17.5 Å². The second-order valence-corrected chi connectivity index (χ2v) is 4.52. The van der Waals surface area contributed by atoms with Crippen molar-refractivity contribution in [2.24, 2.45) is 0 Å². The van der Waals surface area contributed by atoms with Crippen molar-refractivity contribution in [2.75, 3.05) is 6.54 Å². The first-order valence-corrected chi connectivity index (χ1v) is 6.46. The van der Waals surface area contributed by atoms with E-state index in [1.807, 2.05) is 17.6 Å². The molecule has 0 aliphatic rings. The second-order valence-electron chi connectivity index (χ2n) is 4.13. The van der Waals surface area contributed by atoms with Gasteiger partial charge in [-0.1, -0.05) is 0 Å². The van der Waals surface area contributed by atoms with E-state index in [1.54, 1.807) is 12.1 Å². The molecule has 1 aromatic heterocycles. The average molecular weight is 274 g/mol. The SMILES string of the molecule is CCNC(=O)CCn1c(=S)[nH]c2ccc(C#N)cc21. The summed E-state index contributed by atoms with van der Waals surface area (Å²) in [5.74, 6) is -0.00446. The Kier molecular flexibility index (Phi) is 3.97. The van der Waals surface area contributed by atoms with E-state index < -0.39 is 0 Å². The van der Waals surface area contributed by atoms with E-state index in [1.165, 1.54) is 0 Å². The van der Waals surface area contributed by atoms with Gasteiger partial charge >= 0.3 is 0 Å². The highest BCUT2D eigenvalue weighted by Crippen LogP contribution is 2.16. The number of carbonyl (C=O) groups is 1. The normalized spacial score (nSPS) is 10.3. The third-order valence-corrected chi connectivity index (χ3v) is 3.16. The van der Waals surface area contributed by atoms with Gasteiger partial charge in [0.2, 0.25) is 5.91 Å². The van der Waals surface area contributed by atoms with E-state index in [0.717, 1.165) is 11.0 Å². The van der Waals surface area contributed by atoms with Crippen LogP contribution in [0.1, 0.15) is 18.9 Å². The summed E-state index contributed by atoms with van der Waals surface area (Å²) in [4.78, 5) is 14.6. The molecule has 2 N–H and O–H groups in total. The highest BCUT2D eigenvalue weighted by Gasteiger charge is 2.07. The zero-order valence-electron chi connectivity index (χ0n) is 10.6. The molecule has 1 aromatic carbocycles. The first-order valence-electron chi connectivity index (χ1n) is 6.05. The lowest BCUT2D eigenvalue weighted by molar-refractivity contribution is -0.121. The summed E-state index contributed by atoms with van der Waals surface area (Å²) in [6.07, 6.45) is 0.367. The Labute approximate surface area is 115 Å². The van der Waals surface area contributed by atoms with Gasteiger partial charge in [0.15, 0.2) is 4.77 Å². The van der Waals surface area contributed by atoms with Crippen molar-refractivity contribution in [1.29, 1.82) is 5.26 Å². The van der Waals surface area contributed by atoms with E-state index in [0.29, 0.717) is 29.8 Å². The predicted octanol–water partition coefficient (Wildman–Crippen LogP) is 2.10. The maximum absolute atomic E-state index is 11.5.